The maximum Gasteiger partial charge on any atom is 0.212 e. The van der Waals surface area contributed by atoms with Gasteiger partial charge in [0.2, 0.25) is 5.69 Å². The molecule has 0 aliphatic rings. The summed E-state index contributed by atoms with van der Waals surface area (Å²) in [5.41, 5.74) is 6.27. The van der Waals surface area contributed by atoms with Crippen molar-refractivity contribution < 1.29 is 8.68 Å². The van der Waals surface area contributed by atoms with E-state index in [0.29, 0.717) is 5.56 Å². The number of nitrogens with zero attached hydrogens (tertiary/aromatic N) is 1. The van der Waals surface area contributed by atoms with Crippen LogP contribution >= 0.6 is 0 Å². The molecule has 0 saturated carbocycles. The number of aromatic nitrogens is 1. The molecule has 0 amide bonds. The highest BCUT2D eigenvalue weighted by molar-refractivity contribution is 5.66. The Morgan fingerprint density at radius 2 is 1.71 bits per heavy atom. The lowest BCUT2D eigenvalue weighted by atomic mass is 9.95. The summed E-state index contributed by atoms with van der Waals surface area (Å²) < 4.78 is 24.3. The van der Waals surface area contributed by atoms with E-state index < -0.39 is 6.85 Å². The first-order chi connectivity index (χ1) is 9.21. The Morgan fingerprint density at radius 1 is 1.00 bits per heavy atom. The van der Waals surface area contributed by atoms with Gasteiger partial charge in [-0.15, -0.1) is 0 Å². The largest absolute Gasteiger partial charge is 0.212 e. The quantitative estimate of drug-likeness (QED) is 0.660. The van der Waals surface area contributed by atoms with E-state index in [4.69, 9.17) is 4.11 Å². The summed E-state index contributed by atoms with van der Waals surface area (Å²) in [5.74, 6) is 0. The van der Waals surface area contributed by atoms with Crippen molar-refractivity contribution in [3.05, 3.63) is 52.7 Å². The van der Waals surface area contributed by atoms with E-state index in [9.17, 15) is 0 Å². The van der Waals surface area contributed by atoms with Gasteiger partial charge in [0.25, 0.3) is 0 Å². The first-order valence-corrected chi connectivity index (χ1v) is 5.79. The predicted molar refractivity (Wildman–Crippen MR) is 72.0 cm³/mol. The molecule has 0 bridgehead atoms. The molecule has 2 rings (SSSR count). The van der Waals surface area contributed by atoms with Crippen LogP contribution in [-0.2, 0) is 7.05 Å². The third-order valence-electron chi connectivity index (χ3n) is 3.33. The van der Waals surface area contributed by atoms with Gasteiger partial charge in [-0.1, -0.05) is 12.1 Å². The van der Waals surface area contributed by atoms with E-state index >= 15 is 0 Å². The van der Waals surface area contributed by atoms with Gasteiger partial charge in [0.1, 0.15) is 7.05 Å². The van der Waals surface area contributed by atoms with Crippen LogP contribution in [0, 0.1) is 27.6 Å². The van der Waals surface area contributed by atoms with Crippen molar-refractivity contribution in [2.24, 2.45) is 7.05 Å². The number of aryl methyl sites for hydroxylation is 4. The fourth-order valence-corrected chi connectivity index (χ4v) is 2.21. The van der Waals surface area contributed by atoms with E-state index in [2.05, 4.69) is 32.9 Å². The Hall–Kier alpha value is -1.63. The molecule has 0 saturated heterocycles. The molecule has 1 aromatic heterocycles. The second-order valence-corrected chi connectivity index (χ2v) is 4.61. The first kappa shape index (κ1) is 8.46. The van der Waals surface area contributed by atoms with Crippen molar-refractivity contribution >= 4 is 0 Å². The highest BCUT2D eigenvalue weighted by Crippen LogP contribution is 2.26. The molecular formula is C16H20N+. The van der Waals surface area contributed by atoms with Crippen molar-refractivity contribution in [3.63, 3.8) is 0 Å². The van der Waals surface area contributed by atoms with Crippen LogP contribution < -0.4 is 4.57 Å². The summed E-state index contributed by atoms with van der Waals surface area (Å²) in [4.78, 5) is 0. The van der Waals surface area contributed by atoms with Crippen LogP contribution in [0.5, 0.6) is 0 Å². The maximum absolute atomic E-state index is 7.48. The number of benzene rings is 1. The lowest BCUT2D eigenvalue weighted by Gasteiger charge is -2.10. The molecule has 0 atom stereocenters. The molecule has 0 unspecified atom stereocenters. The van der Waals surface area contributed by atoms with Crippen LogP contribution in [0.4, 0.5) is 0 Å². The summed E-state index contributed by atoms with van der Waals surface area (Å²) in [7, 11) is 1.89. The molecule has 1 heteroatoms. The van der Waals surface area contributed by atoms with Crippen molar-refractivity contribution in [3.8, 4) is 11.3 Å². The zero-order valence-corrected chi connectivity index (χ0v) is 10.8. The molecule has 0 spiro atoms. The van der Waals surface area contributed by atoms with E-state index in [0.717, 1.165) is 5.69 Å². The smallest absolute Gasteiger partial charge is 0.201 e. The zero-order chi connectivity index (χ0) is 15.1. The normalized spacial score (nSPS) is 14.0. The molecule has 0 aliphatic carbocycles. The van der Waals surface area contributed by atoms with Crippen molar-refractivity contribution in [2.45, 2.75) is 27.6 Å². The van der Waals surface area contributed by atoms with Crippen LogP contribution in [0.1, 0.15) is 26.4 Å². The molecule has 17 heavy (non-hydrogen) atoms. The van der Waals surface area contributed by atoms with Gasteiger partial charge in [-0.25, -0.2) is 4.57 Å². The predicted octanol–water partition coefficient (Wildman–Crippen LogP) is 3.41. The van der Waals surface area contributed by atoms with Crippen molar-refractivity contribution in [1.82, 2.24) is 0 Å². The van der Waals surface area contributed by atoms with Crippen LogP contribution in [0.25, 0.3) is 11.3 Å². The van der Waals surface area contributed by atoms with Crippen LogP contribution in [0.2, 0.25) is 0 Å². The molecule has 0 N–H and O–H groups in total. The Bertz CT molecular complexity index is 658. The molecule has 1 aromatic carbocycles. The summed E-state index contributed by atoms with van der Waals surface area (Å²) in [6.45, 7) is 4.22. The van der Waals surface area contributed by atoms with Gasteiger partial charge < -0.3 is 0 Å². The van der Waals surface area contributed by atoms with Crippen LogP contribution in [0.3, 0.4) is 0 Å². The summed E-state index contributed by atoms with van der Waals surface area (Å²) >= 11 is 0. The molecule has 2 aromatic rings. The molecule has 0 aliphatic heterocycles. The van der Waals surface area contributed by atoms with E-state index in [1.165, 1.54) is 22.3 Å². The molecule has 0 fully saturated rings. The fourth-order valence-electron chi connectivity index (χ4n) is 2.21. The van der Waals surface area contributed by atoms with Crippen molar-refractivity contribution in [1.29, 1.82) is 0 Å². The highest BCUT2D eigenvalue weighted by atomic mass is 14.9. The highest BCUT2D eigenvalue weighted by Gasteiger charge is 2.15. The Morgan fingerprint density at radius 3 is 2.35 bits per heavy atom. The Kier molecular flexibility index (Phi) is 2.15. The number of hydrogen-bond donors (Lipinski definition) is 0. The van der Waals surface area contributed by atoms with Gasteiger partial charge in [-0.2, -0.15) is 0 Å². The molecule has 1 nitrogen and oxygen atoms in total. The minimum Gasteiger partial charge on any atom is -0.201 e. The van der Waals surface area contributed by atoms with Crippen molar-refractivity contribution in [2.75, 3.05) is 0 Å². The molecule has 88 valence electrons. The topological polar surface area (TPSA) is 3.88 Å². The number of rotatable bonds is 1. The fraction of sp³-hybridized carbons (Fsp3) is 0.312. The van der Waals surface area contributed by atoms with E-state index in [1.807, 2.05) is 17.7 Å². The van der Waals surface area contributed by atoms with Crippen LogP contribution in [-0.4, -0.2) is 0 Å². The lowest BCUT2D eigenvalue weighted by Crippen LogP contribution is -2.31. The van der Waals surface area contributed by atoms with E-state index in [1.54, 1.807) is 12.3 Å². The Balaban J connectivity index is 2.64. The third-order valence-corrected chi connectivity index (χ3v) is 3.33. The summed E-state index contributed by atoms with van der Waals surface area (Å²) in [5, 5.41) is 0. The Labute approximate surface area is 108 Å². The standard InChI is InChI=1S/C16H20N/c1-11-6-9-15(17(5)10-11)16-13(3)8-7-12(2)14(16)4/h6-10H,1-5H3/q+1/i1D3. The number of hydrogen-bond acceptors (Lipinski definition) is 0. The van der Waals surface area contributed by atoms with Gasteiger partial charge in [-0.3, -0.25) is 0 Å². The molecular weight excluding hydrogens is 206 g/mol. The molecule has 1 heterocycles. The van der Waals surface area contributed by atoms with Gasteiger partial charge in [0, 0.05) is 15.7 Å². The van der Waals surface area contributed by atoms with Gasteiger partial charge in [0.15, 0.2) is 6.20 Å². The lowest BCUT2D eigenvalue weighted by molar-refractivity contribution is -0.660. The minimum atomic E-state index is -2.06. The average Bonchev–Trinajstić information content (AvgIpc) is 2.35. The second kappa shape index (κ2) is 4.33. The van der Waals surface area contributed by atoms with E-state index in [-0.39, 0.29) is 0 Å². The first-order valence-electron chi connectivity index (χ1n) is 7.29. The second-order valence-electron chi connectivity index (χ2n) is 4.61. The summed E-state index contributed by atoms with van der Waals surface area (Å²) in [6.07, 6.45) is 1.70. The van der Waals surface area contributed by atoms with Crippen LogP contribution in [0.15, 0.2) is 30.5 Å². The monoisotopic (exact) mass is 229 g/mol. The summed E-state index contributed by atoms with van der Waals surface area (Å²) in [6, 6.07) is 7.82. The SMILES string of the molecule is [2H]C([2H])([2H])c1ccc(-c2c(C)ccc(C)c2C)[n+](C)c1. The van der Waals surface area contributed by atoms with Gasteiger partial charge in [-0.05, 0) is 50.4 Å². The minimum absolute atomic E-state index is 0.367. The maximum atomic E-state index is 7.48. The number of pyridine rings is 1. The third kappa shape index (κ3) is 2.10. The van der Waals surface area contributed by atoms with Gasteiger partial charge in [0.05, 0.1) is 5.56 Å². The molecule has 0 radical (unpaired) electrons. The average molecular weight is 229 g/mol. The zero-order valence-electron chi connectivity index (χ0n) is 13.8. The van der Waals surface area contributed by atoms with Gasteiger partial charge >= 0.3 is 0 Å².